The van der Waals surface area contributed by atoms with Crippen LogP contribution in [-0.2, 0) is 14.4 Å². The summed E-state index contributed by atoms with van der Waals surface area (Å²) in [5.74, 6) is -5.02. The number of aliphatic hydroxyl groups is 1. The van der Waals surface area contributed by atoms with Gasteiger partial charge in [-0.2, -0.15) is 0 Å². The van der Waals surface area contributed by atoms with E-state index in [9.17, 15) is 14.4 Å². The molecule has 0 amide bonds. The van der Waals surface area contributed by atoms with Gasteiger partial charge in [0.15, 0.2) is 5.60 Å². The molecule has 0 aliphatic rings. The molecule has 0 rings (SSSR count). The molecular weight excluding hydrogens is 287 g/mol. The zero-order valence-electron chi connectivity index (χ0n) is 8.93. The van der Waals surface area contributed by atoms with E-state index in [1.807, 2.05) is 0 Å². The average Bonchev–Trinajstić information content (AvgIpc) is 1.82. The molecule has 0 saturated heterocycles. The summed E-state index contributed by atoms with van der Waals surface area (Å²) >= 11 is 0. The van der Waals surface area contributed by atoms with Crippen molar-refractivity contribution in [2.45, 2.75) is 18.4 Å². The summed E-state index contributed by atoms with van der Waals surface area (Å²) in [5, 5.41) is 33.8. The predicted molar refractivity (Wildman–Crippen MR) is 62.3 cm³/mol. The molecule has 0 spiro atoms. The summed E-state index contributed by atoms with van der Waals surface area (Å²) in [6, 6.07) is 0. The van der Waals surface area contributed by atoms with Gasteiger partial charge in [0, 0.05) is 0 Å². The Kier molecular flexibility index (Phi) is 38.8. The van der Waals surface area contributed by atoms with Crippen molar-refractivity contribution in [3.8, 4) is 0 Å². The van der Waals surface area contributed by atoms with E-state index < -0.39 is 36.4 Å². The van der Waals surface area contributed by atoms with Gasteiger partial charge in [-0.25, -0.2) is 4.79 Å². The first-order valence-corrected chi connectivity index (χ1v) is 3.17. The van der Waals surface area contributed by atoms with Crippen LogP contribution in [0.15, 0.2) is 0 Å². The fourth-order valence-electron chi connectivity index (χ4n) is 0.714. The SMILES string of the molecule is O.O.O.O.O.O=C(O)CC(O)(CC(=O)O)C(=O)O.[NaH]. The van der Waals surface area contributed by atoms with Crippen molar-refractivity contribution < 1.29 is 62.2 Å². The molecule has 0 aromatic carbocycles. The Morgan fingerprint density at radius 1 is 0.737 bits per heavy atom. The van der Waals surface area contributed by atoms with E-state index in [2.05, 4.69) is 0 Å². The van der Waals surface area contributed by atoms with Crippen LogP contribution in [0, 0.1) is 0 Å². The summed E-state index contributed by atoms with van der Waals surface area (Å²) in [6.07, 6.45) is -2.29. The molecule has 14 N–H and O–H groups in total. The molecule has 0 saturated carbocycles. The standard InChI is InChI=1S/C6H8O7.Na.5H2O.H/c7-3(8)1-6(13,5(11)12)2-4(9)10;;;;;;;/h13H,1-2H2,(H,7,8)(H,9,10)(H,11,12);;5*1H2;. The first-order valence-electron chi connectivity index (χ1n) is 3.17. The molecule has 19 heavy (non-hydrogen) atoms. The molecule has 0 atom stereocenters. The van der Waals surface area contributed by atoms with E-state index in [0.717, 1.165) is 0 Å². The van der Waals surface area contributed by atoms with Crippen LogP contribution in [0.3, 0.4) is 0 Å². The molecule has 0 fully saturated rings. The van der Waals surface area contributed by atoms with Crippen molar-refractivity contribution in [1.82, 2.24) is 0 Å². The summed E-state index contributed by atoms with van der Waals surface area (Å²) in [4.78, 5) is 30.5. The van der Waals surface area contributed by atoms with Crippen LogP contribution in [0.1, 0.15) is 12.8 Å². The average molecular weight is 306 g/mol. The summed E-state index contributed by atoms with van der Waals surface area (Å²) < 4.78 is 0. The Morgan fingerprint density at radius 2 is 0.947 bits per heavy atom. The van der Waals surface area contributed by atoms with E-state index in [0.29, 0.717) is 0 Å². The minimum atomic E-state index is -2.74. The third-order valence-corrected chi connectivity index (χ3v) is 1.29. The Bertz CT molecular complexity index is 237. The number of aliphatic carboxylic acids is 3. The van der Waals surface area contributed by atoms with Crippen LogP contribution in [0.4, 0.5) is 0 Å². The maximum absolute atomic E-state index is 10.3. The van der Waals surface area contributed by atoms with E-state index in [1.165, 1.54) is 0 Å². The molecule has 0 aromatic rings. The number of carbonyl (C=O) groups is 3. The van der Waals surface area contributed by atoms with Crippen LogP contribution in [0.25, 0.3) is 0 Å². The van der Waals surface area contributed by atoms with Crippen molar-refractivity contribution in [3.63, 3.8) is 0 Å². The molecule has 0 aliphatic heterocycles. The number of rotatable bonds is 5. The Balaban J connectivity index is -0.0000000480. The Labute approximate surface area is 128 Å². The number of carboxylic acids is 3. The second-order valence-electron chi connectivity index (χ2n) is 2.48. The van der Waals surface area contributed by atoms with Crippen LogP contribution < -0.4 is 0 Å². The quantitative estimate of drug-likeness (QED) is 0.355. The van der Waals surface area contributed by atoms with Crippen molar-refractivity contribution in [3.05, 3.63) is 0 Å². The van der Waals surface area contributed by atoms with Crippen LogP contribution in [0.2, 0.25) is 0 Å². The van der Waals surface area contributed by atoms with Crippen molar-refractivity contribution in [2.75, 3.05) is 0 Å². The van der Waals surface area contributed by atoms with Gasteiger partial charge >= 0.3 is 47.5 Å². The molecule has 12 nitrogen and oxygen atoms in total. The number of carboxylic acid groups (broad SMARTS) is 3. The molecular formula is C6H19NaO12. The van der Waals surface area contributed by atoms with E-state index in [1.54, 1.807) is 0 Å². The number of hydrogen-bond donors (Lipinski definition) is 4. The van der Waals surface area contributed by atoms with Crippen molar-refractivity contribution in [2.24, 2.45) is 0 Å². The second kappa shape index (κ2) is 17.2. The maximum atomic E-state index is 10.3. The summed E-state index contributed by atoms with van der Waals surface area (Å²) in [5.41, 5.74) is -2.74. The fourth-order valence-corrected chi connectivity index (χ4v) is 0.714. The van der Waals surface area contributed by atoms with Gasteiger partial charge in [-0.1, -0.05) is 0 Å². The van der Waals surface area contributed by atoms with Gasteiger partial charge in [0.1, 0.15) is 0 Å². The van der Waals surface area contributed by atoms with Gasteiger partial charge in [-0.15, -0.1) is 0 Å². The van der Waals surface area contributed by atoms with Gasteiger partial charge < -0.3 is 47.8 Å². The van der Waals surface area contributed by atoms with Gasteiger partial charge in [0.05, 0.1) is 12.8 Å². The van der Waals surface area contributed by atoms with Gasteiger partial charge in [-0.3, -0.25) is 9.59 Å². The summed E-state index contributed by atoms with van der Waals surface area (Å²) in [7, 11) is 0. The molecule has 0 bridgehead atoms. The Morgan fingerprint density at radius 3 is 1.05 bits per heavy atom. The van der Waals surface area contributed by atoms with E-state index >= 15 is 0 Å². The molecule has 0 radical (unpaired) electrons. The molecule has 0 aromatic heterocycles. The van der Waals surface area contributed by atoms with E-state index in [4.69, 9.17) is 20.4 Å². The zero-order chi connectivity index (χ0) is 10.6. The van der Waals surface area contributed by atoms with Crippen molar-refractivity contribution >= 4 is 47.5 Å². The van der Waals surface area contributed by atoms with Crippen molar-refractivity contribution in [1.29, 1.82) is 0 Å². The third-order valence-electron chi connectivity index (χ3n) is 1.29. The van der Waals surface area contributed by atoms with Gasteiger partial charge in [0.25, 0.3) is 0 Å². The predicted octanol–water partition coefficient (Wildman–Crippen LogP) is -6.02. The molecule has 0 aliphatic carbocycles. The topological polar surface area (TPSA) is 290 Å². The number of hydrogen-bond acceptors (Lipinski definition) is 4. The second-order valence-corrected chi connectivity index (χ2v) is 2.48. The van der Waals surface area contributed by atoms with Gasteiger partial charge in [0.2, 0.25) is 0 Å². The normalized spacial score (nSPS) is 7.42. The fraction of sp³-hybridized carbons (Fsp3) is 0.500. The molecule has 0 unspecified atom stereocenters. The van der Waals surface area contributed by atoms with Crippen LogP contribution >= 0.6 is 0 Å². The first kappa shape index (κ1) is 42.9. The molecule has 116 valence electrons. The zero-order valence-corrected chi connectivity index (χ0v) is 8.93. The molecule has 0 heterocycles. The summed E-state index contributed by atoms with van der Waals surface area (Å²) in [6.45, 7) is 0. The monoisotopic (exact) mass is 306 g/mol. The van der Waals surface area contributed by atoms with Crippen LogP contribution in [0.5, 0.6) is 0 Å². The van der Waals surface area contributed by atoms with E-state index in [-0.39, 0.29) is 56.9 Å². The Hall–Kier alpha value is -0.830. The molecule has 13 heteroatoms. The van der Waals surface area contributed by atoms with Crippen LogP contribution in [-0.4, -0.2) is 101 Å². The first-order chi connectivity index (χ1) is 5.78. The third kappa shape index (κ3) is 17.2. The minimum absolute atomic E-state index is 0. The van der Waals surface area contributed by atoms with Gasteiger partial charge in [-0.05, 0) is 0 Å².